The molecule has 1 aliphatic rings. The predicted molar refractivity (Wildman–Crippen MR) is 85.6 cm³/mol. The standard InChI is InChI=1S/C14H17N3O2S2/c1-9(2)13-8-20-14(16-13)17-21(18,19)11-4-3-10-5-6-15-12(10)7-11/h3-4,7-9,15H,5-6H2,1-2H3,(H,16,17). The fourth-order valence-electron chi connectivity index (χ4n) is 2.21. The molecule has 0 spiro atoms. The van der Waals surface area contributed by atoms with Gasteiger partial charge in [-0.3, -0.25) is 4.72 Å². The Morgan fingerprint density at radius 2 is 2.19 bits per heavy atom. The third kappa shape index (κ3) is 2.89. The van der Waals surface area contributed by atoms with E-state index in [0.717, 1.165) is 29.9 Å². The lowest BCUT2D eigenvalue weighted by molar-refractivity contribution is 0.601. The quantitative estimate of drug-likeness (QED) is 0.907. The van der Waals surface area contributed by atoms with Gasteiger partial charge in [0.15, 0.2) is 5.13 Å². The molecule has 0 unspecified atom stereocenters. The lowest BCUT2D eigenvalue weighted by Gasteiger charge is -2.07. The van der Waals surface area contributed by atoms with Crippen molar-refractivity contribution in [2.24, 2.45) is 0 Å². The van der Waals surface area contributed by atoms with E-state index in [1.165, 1.54) is 11.3 Å². The van der Waals surface area contributed by atoms with Gasteiger partial charge in [-0.25, -0.2) is 13.4 Å². The zero-order valence-electron chi connectivity index (χ0n) is 11.9. The molecular weight excluding hydrogens is 306 g/mol. The molecule has 2 N–H and O–H groups in total. The number of benzene rings is 1. The Morgan fingerprint density at radius 3 is 2.90 bits per heavy atom. The highest BCUT2D eigenvalue weighted by atomic mass is 32.2. The number of nitrogens with one attached hydrogen (secondary N) is 2. The van der Waals surface area contributed by atoms with E-state index in [-0.39, 0.29) is 10.8 Å². The molecule has 0 fully saturated rings. The van der Waals surface area contributed by atoms with Crippen LogP contribution in [0.2, 0.25) is 0 Å². The highest BCUT2D eigenvalue weighted by Crippen LogP contribution is 2.28. The molecule has 3 rings (SSSR count). The molecule has 2 heterocycles. The second-order valence-corrected chi connectivity index (χ2v) is 7.87. The summed E-state index contributed by atoms with van der Waals surface area (Å²) in [4.78, 5) is 4.57. The first-order valence-electron chi connectivity index (χ1n) is 6.81. The van der Waals surface area contributed by atoms with Crippen molar-refractivity contribution in [3.63, 3.8) is 0 Å². The van der Waals surface area contributed by atoms with Gasteiger partial charge in [0.1, 0.15) is 0 Å². The van der Waals surface area contributed by atoms with Gasteiger partial charge in [-0.15, -0.1) is 11.3 Å². The van der Waals surface area contributed by atoms with Crippen LogP contribution in [0.3, 0.4) is 0 Å². The third-order valence-corrected chi connectivity index (χ3v) is 5.68. The van der Waals surface area contributed by atoms with Gasteiger partial charge in [0, 0.05) is 17.6 Å². The minimum absolute atomic E-state index is 0.261. The number of hydrogen-bond donors (Lipinski definition) is 2. The summed E-state index contributed by atoms with van der Waals surface area (Å²) in [5.74, 6) is 0.281. The first-order chi connectivity index (χ1) is 9.95. The maximum atomic E-state index is 12.4. The molecule has 0 saturated carbocycles. The van der Waals surface area contributed by atoms with Crippen LogP contribution in [0.4, 0.5) is 10.8 Å². The van der Waals surface area contributed by atoms with Gasteiger partial charge in [-0.2, -0.15) is 0 Å². The van der Waals surface area contributed by atoms with E-state index in [4.69, 9.17) is 0 Å². The Labute approximate surface area is 128 Å². The second kappa shape index (κ2) is 5.31. The van der Waals surface area contributed by atoms with Crippen LogP contribution < -0.4 is 10.0 Å². The van der Waals surface area contributed by atoms with Gasteiger partial charge in [-0.1, -0.05) is 19.9 Å². The van der Waals surface area contributed by atoms with Gasteiger partial charge >= 0.3 is 0 Å². The molecule has 2 aromatic rings. The summed E-state index contributed by atoms with van der Waals surface area (Å²) in [5, 5.41) is 5.48. The first kappa shape index (κ1) is 14.3. The SMILES string of the molecule is CC(C)c1csc(NS(=O)(=O)c2ccc3c(c2)NCC3)n1. The van der Waals surface area contributed by atoms with Crippen LogP contribution in [0.1, 0.15) is 31.0 Å². The maximum Gasteiger partial charge on any atom is 0.263 e. The summed E-state index contributed by atoms with van der Waals surface area (Å²) in [6.07, 6.45) is 0.938. The number of fused-ring (bicyclic) bond motifs is 1. The number of nitrogens with zero attached hydrogens (tertiary/aromatic N) is 1. The van der Waals surface area contributed by atoms with Crippen molar-refractivity contribution in [2.75, 3.05) is 16.6 Å². The minimum Gasteiger partial charge on any atom is -0.384 e. The summed E-state index contributed by atoms with van der Waals surface area (Å²) in [6, 6.07) is 5.19. The average molecular weight is 323 g/mol. The molecule has 0 atom stereocenters. The Hall–Kier alpha value is -1.60. The van der Waals surface area contributed by atoms with E-state index in [2.05, 4.69) is 15.0 Å². The van der Waals surface area contributed by atoms with Crippen LogP contribution in [-0.4, -0.2) is 19.9 Å². The van der Waals surface area contributed by atoms with E-state index in [9.17, 15) is 8.42 Å². The van der Waals surface area contributed by atoms with Crippen molar-refractivity contribution in [3.8, 4) is 0 Å². The molecule has 0 amide bonds. The highest BCUT2D eigenvalue weighted by Gasteiger charge is 2.19. The van der Waals surface area contributed by atoms with Crippen molar-refractivity contribution in [1.82, 2.24) is 4.98 Å². The van der Waals surface area contributed by atoms with E-state index in [1.54, 1.807) is 12.1 Å². The molecule has 1 aromatic heterocycles. The van der Waals surface area contributed by atoms with Crippen molar-refractivity contribution < 1.29 is 8.42 Å². The molecule has 1 aliphatic heterocycles. The number of aromatic nitrogens is 1. The molecule has 7 heteroatoms. The van der Waals surface area contributed by atoms with Gasteiger partial charge in [0.05, 0.1) is 10.6 Å². The van der Waals surface area contributed by atoms with Crippen LogP contribution in [0, 0.1) is 0 Å². The largest absolute Gasteiger partial charge is 0.384 e. The summed E-state index contributed by atoms with van der Waals surface area (Å²) < 4.78 is 27.4. The molecule has 0 aliphatic carbocycles. The number of hydrogen-bond acceptors (Lipinski definition) is 5. The van der Waals surface area contributed by atoms with Crippen LogP contribution >= 0.6 is 11.3 Å². The topological polar surface area (TPSA) is 71.1 Å². The van der Waals surface area contributed by atoms with Gasteiger partial charge < -0.3 is 5.32 Å². The van der Waals surface area contributed by atoms with Gasteiger partial charge in [0.25, 0.3) is 10.0 Å². The monoisotopic (exact) mass is 323 g/mol. The minimum atomic E-state index is -3.59. The number of thiazole rings is 1. The fraction of sp³-hybridized carbons (Fsp3) is 0.357. The number of anilines is 2. The summed E-state index contributed by atoms with van der Waals surface area (Å²) in [5.41, 5.74) is 2.96. The zero-order valence-corrected chi connectivity index (χ0v) is 13.5. The molecule has 0 saturated heterocycles. The average Bonchev–Trinajstić information content (AvgIpc) is 3.05. The normalized spacial score (nSPS) is 14.0. The fourth-order valence-corrected chi connectivity index (χ4v) is 4.36. The van der Waals surface area contributed by atoms with Crippen LogP contribution in [0.25, 0.3) is 0 Å². The van der Waals surface area contributed by atoms with Crippen molar-refractivity contribution in [2.45, 2.75) is 31.1 Å². The Balaban J connectivity index is 1.86. The Kier molecular flexibility index (Phi) is 3.62. The summed E-state index contributed by atoms with van der Waals surface area (Å²) >= 11 is 1.31. The zero-order chi connectivity index (χ0) is 15.0. The smallest absolute Gasteiger partial charge is 0.263 e. The van der Waals surface area contributed by atoms with Crippen molar-refractivity contribution in [3.05, 3.63) is 34.8 Å². The van der Waals surface area contributed by atoms with E-state index >= 15 is 0 Å². The van der Waals surface area contributed by atoms with Crippen LogP contribution in [-0.2, 0) is 16.4 Å². The maximum absolute atomic E-state index is 12.4. The molecule has 112 valence electrons. The van der Waals surface area contributed by atoms with E-state index in [1.807, 2.05) is 25.3 Å². The lowest BCUT2D eigenvalue weighted by Crippen LogP contribution is -2.13. The van der Waals surface area contributed by atoms with Crippen LogP contribution in [0.15, 0.2) is 28.5 Å². The third-order valence-electron chi connectivity index (χ3n) is 3.44. The first-order valence-corrected chi connectivity index (χ1v) is 9.17. The predicted octanol–water partition coefficient (Wildman–Crippen LogP) is 3.04. The van der Waals surface area contributed by atoms with Crippen molar-refractivity contribution >= 4 is 32.2 Å². The molecule has 0 radical (unpaired) electrons. The molecule has 1 aromatic carbocycles. The summed E-state index contributed by atoms with van der Waals surface area (Å²) in [6.45, 7) is 4.91. The number of rotatable bonds is 4. The van der Waals surface area contributed by atoms with Crippen molar-refractivity contribution in [1.29, 1.82) is 0 Å². The molecular formula is C14H17N3O2S2. The highest BCUT2D eigenvalue weighted by molar-refractivity contribution is 7.93. The van der Waals surface area contributed by atoms with E-state index < -0.39 is 10.0 Å². The second-order valence-electron chi connectivity index (χ2n) is 5.33. The molecule has 21 heavy (non-hydrogen) atoms. The van der Waals surface area contributed by atoms with Crippen LogP contribution in [0.5, 0.6) is 0 Å². The van der Waals surface area contributed by atoms with Gasteiger partial charge in [0.2, 0.25) is 0 Å². The Morgan fingerprint density at radius 1 is 1.38 bits per heavy atom. The summed E-state index contributed by atoms with van der Waals surface area (Å²) in [7, 11) is -3.59. The Bertz CT molecular complexity index is 766. The lowest BCUT2D eigenvalue weighted by atomic mass is 10.2. The van der Waals surface area contributed by atoms with Gasteiger partial charge in [-0.05, 0) is 30.0 Å². The molecule has 5 nitrogen and oxygen atoms in total. The number of sulfonamides is 1. The van der Waals surface area contributed by atoms with E-state index in [0.29, 0.717) is 5.13 Å². The molecule has 0 bridgehead atoms.